The highest BCUT2D eigenvalue weighted by Gasteiger charge is 2.44. The predicted octanol–water partition coefficient (Wildman–Crippen LogP) is 2.72. The highest BCUT2D eigenvalue weighted by Crippen LogP contribution is 2.44. The SMILES string of the molecule is CN(C)c1ncc2c(n1)C1(CCCN(C(=O)c3ccsc3)C1)CC2. The number of aryl methyl sites for hydroxylation is 1. The smallest absolute Gasteiger partial charge is 0.254 e. The van der Waals surface area contributed by atoms with Crippen LogP contribution in [-0.4, -0.2) is 48.0 Å². The fourth-order valence-electron chi connectivity index (χ4n) is 4.02. The third-order valence-electron chi connectivity index (χ3n) is 5.26. The van der Waals surface area contributed by atoms with Gasteiger partial charge in [0.1, 0.15) is 0 Å². The Balaban J connectivity index is 1.65. The third-order valence-corrected chi connectivity index (χ3v) is 5.94. The van der Waals surface area contributed by atoms with Gasteiger partial charge in [-0.15, -0.1) is 0 Å². The zero-order valence-electron chi connectivity index (χ0n) is 14.2. The van der Waals surface area contributed by atoms with Crippen molar-refractivity contribution in [2.45, 2.75) is 31.1 Å². The van der Waals surface area contributed by atoms with E-state index in [-0.39, 0.29) is 11.3 Å². The van der Waals surface area contributed by atoms with Crippen molar-refractivity contribution in [1.29, 1.82) is 0 Å². The first kappa shape index (κ1) is 15.6. The molecular formula is C18H22N4OS. The normalized spacial score (nSPS) is 22.7. The number of thiophene rings is 1. The van der Waals surface area contributed by atoms with E-state index in [9.17, 15) is 4.79 Å². The van der Waals surface area contributed by atoms with Crippen molar-refractivity contribution in [3.05, 3.63) is 39.8 Å². The molecule has 1 aliphatic carbocycles. The molecule has 2 aromatic rings. The van der Waals surface area contributed by atoms with Crippen LogP contribution in [0.15, 0.2) is 23.0 Å². The number of likely N-dealkylation sites (tertiary alicyclic amines) is 1. The Morgan fingerprint density at radius 1 is 1.38 bits per heavy atom. The fourth-order valence-corrected chi connectivity index (χ4v) is 4.65. The predicted molar refractivity (Wildman–Crippen MR) is 95.8 cm³/mol. The van der Waals surface area contributed by atoms with Gasteiger partial charge in [-0.05, 0) is 42.7 Å². The lowest BCUT2D eigenvalue weighted by molar-refractivity contribution is 0.0634. The van der Waals surface area contributed by atoms with Gasteiger partial charge in [-0.25, -0.2) is 9.97 Å². The van der Waals surface area contributed by atoms with E-state index in [0.717, 1.165) is 50.3 Å². The summed E-state index contributed by atoms with van der Waals surface area (Å²) in [4.78, 5) is 26.1. The quantitative estimate of drug-likeness (QED) is 0.842. The van der Waals surface area contributed by atoms with Gasteiger partial charge in [-0.2, -0.15) is 11.3 Å². The Morgan fingerprint density at radius 3 is 3.00 bits per heavy atom. The molecule has 1 spiro atoms. The van der Waals surface area contributed by atoms with Gasteiger partial charge in [-0.1, -0.05) is 0 Å². The van der Waals surface area contributed by atoms with E-state index in [1.165, 1.54) is 11.3 Å². The molecule has 0 bridgehead atoms. The van der Waals surface area contributed by atoms with E-state index in [1.54, 1.807) is 11.3 Å². The third kappa shape index (κ3) is 2.49. The summed E-state index contributed by atoms with van der Waals surface area (Å²) in [6, 6.07) is 1.92. The molecule has 1 unspecified atom stereocenters. The van der Waals surface area contributed by atoms with Gasteiger partial charge in [0.2, 0.25) is 5.95 Å². The molecule has 1 amide bonds. The Morgan fingerprint density at radius 2 is 2.25 bits per heavy atom. The van der Waals surface area contributed by atoms with Crippen molar-refractivity contribution < 1.29 is 4.79 Å². The molecule has 2 aliphatic rings. The molecule has 1 atom stereocenters. The molecule has 1 fully saturated rings. The number of amides is 1. The highest BCUT2D eigenvalue weighted by molar-refractivity contribution is 7.08. The average molecular weight is 342 g/mol. The minimum Gasteiger partial charge on any atom is -0.347 e. The van der Waals surface area contributed by atoms with Gasteiger partial charge in [0.05, 0.1) is 11.3 Å². The monoisotopic (exact) mass is 342 g/mol. The second-order valence-electron chi connectivity index (χ2n) is 7.06. The number of carbonyl (C=O) groups is 1. The van der Waals surface area contributed by atoms with Crippen LogP contribution in [0.4, 0.5) is 5.95 Å². The summed E-state index contributed by atoms with van der Waals surface area (Å²) in [7, 11) is 3.94. The molecule has 0 saturated carbocycles. The van der Waals surface area contributed by atoms with Crippen LogP contribution in [0.2, 0.25) is 0 Å². The number of rotatable bonds is 2. The number of nitrogens with zero attached hydrogens (tertiary/aromatic N) is 4. The van der Waals surface area contributed by atoms with Gasteiger partial charge in [0, 0.05) is 44.2 Å². The van der Waals surface area contributed by atoms with Crippen LogP contribution in [0, 0.1) is 0 Å². The molecular weight excluding hydrogens is 320 g/mol. The Bertz CT molecular complexity index is 754. The molecule has 0 aromatic carbocycles. The molecule has 1 saturated heterocycles. The van der Waals surface area contributed by atoms with Crippen LogP contribution < -0.4 is 4.90 Å². The Hall–Kier alpha value is -1.95. The molecule has 2 aromatic heterocycles. The van der Waals surface area contributed by atoms with Crippen molar-refractivity contribution in [1.82, 2.24) is 14.9 Å². The van der Waals surface area contributed by atoms with Gasteiger partial charge >= 0.3 is 0 Å². The summed E-state index contributed by atoms with van der Waals surface area (Å²) < 4.78 is 0. The van der Waals surface area contributed by atoms with Crippen molar-refractivity contribution in [2.24, 2.45) is 0 Å². The zero-order valence-corrected chi connectivity index (χ0v) is 15.0. The number of aromatic nitrogens is 2. The van der Waals surface area contributed by atoms with E-state index in [2.05, 4.69) is 4.98 Å². The zero-order chi connectivity index (χ0) is 16.7. The molecule has 0 radical (unpaired) electrons. The molecule has 126 valence electrons. The largest absolute Gasteiger partial charge is 0.347 e. The number of hydrogen-bond donors (Lipinski definition) is 0. The van der Waals surface area contributed by atoms with Crippen LogP contribution in [0.3, 0.4) is 0 Å². The summed E-state index contributed by atoms with van der Waals surface area (Å²) in [5.74, 6) is 0.918. The van der Waals surface area contributed by atoms with Gasteiger partial charge in [0.15, 0.2) is 0 Å². The lowest BCUT2D eigenvalue weighted by atomic mass is 9.77. The average Bonchev–Trinajstić information content (AvgIpc) is 3.23. The Kier molecular flexibility index (Phi) is 3.79. The molecule has 0 N–H and O–H groups in total. The maximum atomic E-state index is 12.8. The van der Waals surface area contributed by atoms with E-state index in [4.69, 9.17) is 4.98 Å². The van der Waals surface area contributed by atoms with Crippen molar-refractivity contribution >= 4 is 23.2 Å². The minimum absolute atomic E-state index is 0.00691. The van der Waals surface area contributed by atoms with Gasteiger partial charge in [0.25, 0.3) is 5.91 Å². The first-order valence-corrected chi connectivity index (χ1v) is 9.39. The van der Waals surface area contributed by atoms with Crippen molar-refractivity contribution in [2.75, 3.05) is 32.1 Å². The second kappa shape index (κ2) is 5.84. The first-order valence-electron chi connectivity index (χ1n) is 8.44. The van der Waals surface area contributed by atoms with Crippen LogP contribution in [0.25, 0.3) is 0 Å². The van der Waals surface area contributed by atoms with Gasteiger partial charge in [-0.3, -0.25) is 4.79 Å². The lowest BCUT2D eigenvalue weighted by Crippen LogP contribution is -2.48. The van der Waals surface area contributed by atoms with Crippen LogP contribution >= 0.6 is 11.3 Å². The van der Waals surface area contributed by atoms with Crippen LogP contribution in [-0.2, 0) is 11.8 Å². The molecule has 4 rings (SSSR count). The van der Waals surface area contributed by atoms with Crippen LogP contribution in [0.1, 0.15) is 40.9 Å². The van der Waals surface area contributed by atoms with Crippen molar-refractivity contribution in [3.8, 4) is 0 Å². The number of carbonyl (C=O) groups excluding carboxylic acids is 1. The summed E-state index contributed by atoms with van der Waals surface area (Å²) >= 11 is 1.58. The number of anilines is 1. The number of hydrogen-bond acceptors (Lipinski definition) is 5. The first-order chi connectivity index (χ1) is 11.6. The fraction of sp³-hybridized carbons (Fsp3) is 0.500. The molecule has 1 aliphatic heterocycles. The van der Waals surface area contributed by atoms with E-state index in [0.29, 0.717) is 0 Å². The number of fused-ring (bicyclic) bond motifs is 2. The van der Waals surface area contributed by atoms with E-state index >= 15 is 0 Å². The molecule has 3 heterocycles. The van der Waals surface area contributed by atoms with Crippen molar-refractivity contribution in [3.63, 3.8) is 0 Å². The Labute approximate surface area is 146 Å². The minimum atomic E-state index is 0.00691. The van der Waals surface area contributed by atoms with Crippen LogP contribution in [0.5, 0.6) is 0 Å². The molecule has 6 heteroatoms. The maximum Gasteiger partial charge on any atom is 0.254 e. The number of piperidine rings is 1. The van der Waals surface area contributed by atoms with Gasteiger partial charge < -0.3 is 9.80 Å². The highest BCUT2D eigenvalue weighted by atomic mass is 32.1. The maximum absolute atomic E-state index is 12.8. The van der Waals surface area contributed by atoms with E-state index < -0.39 is 0 Å². The standard InChI is InChI=1S/C18H22N4OS/c1-21(2)17-19-10-13-4-7-18(15(13)20-17)6-3-8-22(12-18)16(23)14-5-9-24-11-14/h5,9-11H,3-4,6-8,12H2,1-2H3. The molecule has 24 heavy (non-hydrogen) atoms. The summed E-state index contributed by atoms with van der Waals surface area (Å²) in [6.07, 6.45) is 6.21. The summed E-state index contributed by atoms with van der Waals surface area (Å²) in [6.45, 7) is 1.62. The lowest BCUT2D eigenvalue weighted by Gasteiger charge is -2.40. The van der Waals surface area contributed by atoms with E-state index in [1.807, 2.05) is 46.9 Å². The topological polar surface area (TPSA) is 49.3 Å². The molecule has 5 nitrogen and oxygen atoms in total. The summed E-state index contributed by atoms with van der Waals surface area (Å²) in [5, 5.41) is 3.91. The summed E-state index contributed by atoms with van der Waals surface area (Å²) in [5.41, 5.74) is 3.24. The second-order valence-corrected chi connectivity index (χ2v) is 7.84.